The van der Waals surface area contributed by atoms with Crippen molar-refractivity contribution in [3.8, 4) is 89.0 Å². The van der Waals surface area contributed by atoms with E-state index in [0.29, 0.717) is 11.8 Å². The SMILES string of the molecule is CC1(C)c2ccccc2-c2ccc(-c3ccc(N(c4ccc5ccccc5c4)c4ccc5c(C6CCCCC6)c6cc(N(c7ccc8c(c7)C(C)(C)c7ccccc7-8)c7ccc8ccccc8c7)ccc6c(C6CCCCC6)c5c4)cc3)cc21.c1ccc(-c2ccc(-c3c4ccccc4c(-c4ccc(-c5ccccc5)cc4)c4cc(-c5ccc6ccccc6c5)ccc34)cc2)cc1. The number of nitrogens with zero attached hydrogens (tertiary/aromatic N) is 2. The van der Waals surface area contributed by atoms with Crippen molar-refractivity contribution in [2.24, 2.45) is 0 Å². The molecule has 0 bridgehead atoms. The van der Waals surface area contributed by atoms with Gasteiger partial charge in [0, 0.05) is 45.0 Å². The van der Waals surface area contributed by atoms with E-state index in [2.05, 4.69) is 462 Å². The Balaban J connectivity index is 0.000000169. The maximum atomic E-state index is 2.63. The Kier molecular flexibility index (Phi) is 20.2. The van der Waals surface area contributed by atoms with Gasteiger partial charge >= 0.3 is 0 Å². The van der Waals surface area contributed by atoms with E-state index in [1.807, 2.05) is 0 Å². The number of rotatable bonds is 14. The van der Waals surface area contributed by atoms with Gasteiger partial charge in [-0.1, -0.05) is 400 Å². The Morgan fingerprint density at radius 1 is 0.182 bits per heavy atom. The molecule has 0 spiro atoms. The molecule has 0 saturated heterocycles. The second kappa shape index (κ2) is 33.2. The lowest BCUT2D eigenvalue weighted by molar-refractivity contribution is 0.445. The average molecular weight is 1690 g/mol. The Morgan fingerprint density at radius 2 is 0.485 bits per heavy atom. The van der Waals surface area contributed by atoms with E-state index in [-0.39, 0.29) is 10.8 Å². The molecule has 25 rings (SSSR count). The summed E-state index contributed by atoms with van der Waals surface area (Å²) in [4.78, 5) is 5.11. The summed E-state index contributed by atoms with van der Waals surface area (Å²) in [5.74, 6) is 0.947. The van der Waals surface area contributed by atoms with Gasteiger partial charge in [0.25, 0.3) is 0 Å². The number of benzene rings is 21. The minimum absolute atomic E-state index is 0.0574. The minimum Gasteiger partial charge on any atom is -0.310 e. The highest BCUT2D eigenvalue weighted by molar-refractivity contribution is 6.22. The van der Waals surface area contributed by atoms with Gasteiger partial charge in [-0.25, -0.2) is 0 Å². The van der Waals surface area contributed by atoms with Crippen LogP contribution in [0.1, 0.15) is 137 Å². The molecule has 2 nitrogen and oxygen atoms in total. The molecule has 4 aliphatic rings. The summed E-state index contributed by atoms with van der Waals surface area (Å²) in [6.45, 7) is 9.57. The molecule has 0 atom stereocenters. The number of hydrogen-bond acceptors (Lipinski definition) is 2. The first kappa shape index (κ1) is 80.4. The van der Waals surface area contributed by atoms with Gasteiger partial charge in [-0.05, 0) is 326 Å². The van der Waals surface area contributed by atoms with Crippen molar-refractivity contribution in [2.75, 3.05) is 9.80 Å². The Bertz CT molecular complexity index is 8060. The molecule has 634 valence electrons. The molecule has 0 unspecified atom stereocenters. The third-order valence-electron chi connectivity index (χ3n) is 30.2. The van der Waals surface area contributed by atoms with Crippen LogP contribution in [-0.4, -0.2) is 0 Å². The van der Waals surface area contributed by atoms with Gasteiger partial charge < -0.3 is 9.80 Å². The van der Waals surface area contributed by atoms with Gasteiger partial charge in [0.05, 0.1) is 0 Å². The first-order valence-electron chi connectivity index (χ1n) is 48.0. The monoisotopic (exact) mass is 1690 g/mol. The van der Waals surface area contributed by atoms with E-state index in [1.165, 1.54) is 279 Å². The molecule has 21 aromatic rings. The first-order chi connectivity index (χ1) is 64.9. The van der Waals surface area contributed by atoms with Crippen molar-refractivity contribution in [1.82, 2.24) is 0 Å². The largest absolute Gasteiger partial charge is 0.310 e. The van der Waals surface area contributed by atoms with Crippen LogP contribution >= 0.6 is 0 Å². The quantitative estimate of drug-likeness (QED) is 0.100. The molecular formula is C130H104N2. The van der Waals surface area contributed by atoms with Gasteiger partial charge in [-0.15, -0.1) is 0 Å². The second-order valence-electron chi connectivity index (χ2n) is 38.6. The molecule has 0 amide bonds. The lowest BCUT2D eigenvalue weighted by Crippen LogP contribution is -2.16. The fraction of sp³-hybridized carbons (Fsp3) is 0.138. The normalized spacial score (nSPS) is 14.4. The van der Waals surface area contributed by atoms with Crippen LogP contribution < -0.4 is 9.80 Å². The van der Waals surface area contributed by atoms with Crippen molar-refractivity contribution in [3.63, 3.8) is 0 Å². The summed E-state index contributed by atoms with van der Waals surface area (Å²) in [5.41, 5.74) is 35.9. The summed E-state index contributed by atoms with van der Waals surface area (Å²) in [7, 11) is 0. The number of anilines is 6. The van der Waals surface area contributed by atoms with Gasteiger partial charge in [0.2, 0.25) is 0 Å². The molecule has 0 aliphatic heterocycles. The number of hydrogen-bond donors (Lipinski definition) is 0. The molecule has 0 heterocycles. The van der Waals surface area contributed by atoms with E-state index in [1.54, 1.807) is 11.1 Å². The average Bonchev–Trinajstić information content (AvgIpc) is 0.749. The summed E-state index contributed by atoms with van der Waals surface area (Å²) in [6, 6.07) is 160. The van der Waals surface area contributed by atoms with Crippen LogP contribution in [0.4, 0.5) is 34.1 Å². The highest BCUT2D eigenvalue weighted by Gasteiger charge is 2.38. The van der Waals surface area contributed by atoms with Crippen LogP contribution in [0.2, 0.25) is 0 Å². The molecule has 21 aromatic carbocycles. The zero-order chi connectivity index (χ0) is 88.1. The summed E-state index contributed by atoms with van der Waals surface area (Å²) in [6.07, 6.45) is 12.6. The highest BCUT2D eigenvalue weighted by Crippen LogP contribution is 2.56. The Morgan fingerprint density at radius 3 is 1.00 bits per heavy atom. The molecule has 2 heteroatoms. The fourth-order valence-electron chi connectivity index (χ4n) is 23.5. The molecule has 2 fully saturated rings. The van der Waals surface area contributed by atoms with Crippen molar-refractivity contribution in [2.45, 2.75) is 115 Å². The minimum atomic E-state index is -0.122. The summed E-state index contributed by atoms with van der Waals surface area (Å²) >= 11 is 0. The summed E-state index contributed by atoms with van der Waals surface area (Å²) < 4.78 is 0. The maximum Gasteiger partial charge on any atom is 0.0468 e. The van der Waals surface area contributed by atoms with Crippen LogP contribution in [-0.2, 0) is 10.8 Å². The van der Waals surface area contributed by atoms with Crippen LogP contribution in [0.15, 0.2) is 425 Å². The predicted molar refractivity (Wildman–Crippen MR) is 564 cm³/mol. The Labute approximate surface area is 775 Å². The van der Waals surface area contributed by atoms with E-state index in [4.69, 9.17) is 0 Å². The van der Waals surface area contributed by atoms with Gasteiger partial charge in [-0.2, -0.15) is 0 Å². The van der Waals surface area contributed by atoms with Crippen molar-refractivity contribution < 1.29 is 0 Å². The highest BCUT2D eigenvalue weighted by atomic mass is 15.1. The van der Waals surface area contributed by atoms with Gasteiger partial charge in [0.1, 0.15) is 0 Å². The second-order valence-corrected chi connectivity index (χ2v) is 38.6. The molecule has 0 aromatic heterocycles. The van der Waals surface area contributed by atoms with Crippen LogP contribution in [0.5, 0.6) is 0 Å². The topological polar surface area (TPSA) is 6.48 Å². The van der Waals surface area contributed by atoms with Crippen LogP contribution in [0, 0.1) is 0 Å². The van der Waals surface area contributed by atoms with E-state index < -0.39 is 0 Å². The molecule has 0 radical (unpaired) electrons. The molecule has 0 N–H and O–H groups in total. The third kappa shape index (κ3) is 14.2. The van der Waals surface area contributed by atoms with Gasteiger partial charge in [-0.3, -0.25) is 0 Å². The lowest BCUT2D eigenvalue weighted by Gasteiger charge is -2.33. The fourth-order valence-corrected chi connectivity index (χ4v) is 23.5. The van der Waals surface area contributed by atoms with Gasteiger partial charge in [0.15, 0.2) is 0 Å². The van der Waals surface area contributed by atoms with E-state index in [9.17, 15) is 0 Å². The maximum absolute atomic E-state index is 2.63. The Hall–Kier alpha value is -15.0. The van der Waals surface area contributed by atoms with Crippen molar-refractivity contribution >= 4 is 110 Å². The molecule has 4 aliphatic carbocycles. The third-order valence-corrected chi connectivity index (χ3v) is 30.2. The van der Waals surface area contributed by atoms with Crippen LogP contribution in [0.3, 0.4) is 0 Å². The number of fused-ring (bicyclic) bond motifs is 13. The lowest BCUT2D eigenvalue weighted by atomic mass is 9.74. The van der Waals surface area contributed by atoms with E-state index in [0.717, 1.165) is 5.69 Å². The molecule has 132 heavy (non-hydrogen) atoms. The zero-order valence-electron chi connectivity index (χ0n) is 75.5. The van der Waals surface area contributed by atoms with Crippen molar-refractivity contribution in [3.05, 3.63) is 458 Å². The molecule has 2 saturated carbocycles. The first-order valence-corrected chi connectivity index (χ1v) is 48.0. The standard InChI is InChI=1S/C82H72N2.C48H32/c1-81(2)75-29-17-15-27-67(75)69-43-35-60(49-77(69)81)55-31-36-61(37-32-55)83(62-38-33-53-19-11-13-25-58(53)47-62)64-41-45-71-73(50-64)79(56-21-7-5-8-22-56)72-46-42-65(51-74(72)80(71)57-23-9-6-10-24-57)84(63-39-34-54-20-12-14-26-59(54)48-63)66-40-44-70-68-28-16-18-30-76(68)82(3,4)78(70)52-66;1-3-11-33(12-4-1)36-19-24-38(25-20-36)47-43-17-9-10-18-44(43)48(39-26-21-37(22-27-39)34-13-5-2-6-14-34)46-32-42(29-30-45(46)47)41-28-23-35-15-7-8-16-40(35)31-41/h11-20,25-52,56-57H,5-10,21-24H2,1-4H3;1-32H. The predicted octanol–water partition coefficient (Wildman–Crippen LogP) is 37.1. The smallest absolute Gasteiger partial charge is 0.0468 e. The summed E-state index contributed by atoms with van der Waals surface area (Å²) in [5, 5.41) is 18.3. The van der Waals surface area contributed by atoms with E-state index >= 15 is 0 Å². The molecular weight excluding hydrogens is 1590 g/mol. The van der Waals surface area contributed by atoms with Crippen LogP contribution in [0.25, 0.3) is 164 Å². The zero-order valence-corrected chi connectivity index (χ0v) is 75.5. The van der Waals surface area contributed by atoms with Crippen molar-refractivity contribution in [1.29, 1.82) is 0 Å².